The zero-order valence-electron chi connectivity index (χ0n) is 17.6. The largest absolute Gasteiger partial charge is 0.336 e. The van der Waals surface area contributed by atoms with Crippen LogP contribution in [-0.4, -0.2) is 63.9 Å². The summed E-state index contributed by atoms with van der Waals surface area (Å²) in [6, 6.07) is 12.1. The Labute approximate surface area is 173 Å². The maximum atomic E-state index is 13.1. The molecule has 0 saturated carbocycles. The molecule has 29 heavy (non-hydrogen) atoms. The van der Waals surface area contributed by atoms with E-state index in [0.29, 0.717) is 24.3 Å². The van der Waals surface area contributed by atoms with E-state index in [9.17, 15) is 13.2 Å². The highest BCUT2D eigenvalue weighted by Gasteiger charge is 2.25. The molecule has 1 saturated heterocycles. The molecule has 0 unspecified atom stereocenters. The van der Waals surface area contributed by atoms with E-state index in [0.717, 1.165) is 30.8 Å². The van der Waals surface area contributed by atoms with Crippen molar-refractivity contribution >= 4 is 21.6 Å². The lowest BCUT2D eigenvalue weighted by Crippen LogP contribution is -2.48. The Balaban J connectivity index is 1.87. The van der Waals surface area contributed by atoms with E-state index in [-0.39, 0.29) is 10.8 Å². The number of hydrogen-bond donors (Lipinski definition) is 0. The number of hydrogen-bond acceptors (Lipinski definition) is 4. The summed E-state index contributed by atoms with van der Waals surface area (Å²) in [6.45, 7) is 9.98. The Kier molecular flexibility index (Phi) is 6.29. The Bertz CT molecular complexity index is 979. The van der Waals surface area contributed by atoms with E-state index < -0.39 is 10.0 Å². The monoisotopic (exact) mass is 415 g/mol. The number of benzene rings is 2. The topological polar surface area (TPSA) is 60.9 Å². The average Bonchev–Trinajstić information content (AvgIpc) is 2.73. The molecule has 156 valence electrons. The fourth-order valence-corrected chi connectivity index (χ4v) is 4.78. The molecule has 0 aromatic heterocycles. The molecule has 0 N–H and O–H groups in total. The summed E-state index contributed by atoms with van der Waals surface area (Å²) in [7, 11) is -2.17. The zero-order valence-corrected chi connectivity index (χ0v) is 18.4. The van der Waals surface area contributed by atoms with Crippen molar-refractivity contribution in [1.29, 1.82) is 0 Å². The Hall–Kier alpha value is -2.38. The van der Waals surface area contributed by atoms with Crippen molar-refractivity contribution in [3.05, 3.63) is 59.2 Å². The minimum atomic E-state index is -3.71. The van der Waals surface area contributed by atoms with E-state index in [1.807, 2.05) is 24.8 Å². The van der Waals surface area contributed by atoms with Gasteiger partial charge in [-0.2, -0.15) is 0 Å². The number of carbonyl (C=O) groups is 1. The van der Waals surface area contributed by atoms with Crippen LogP contribution in [0.2, 0.25) is 0 Å². The van der Waals surface area contributed by atoms with Crippen molar-refractivity contribution in [2.75, 3.05) is 44.1 Å². The summed E-state index contributed by atoms with van der Waals surface area (Å²) in [6.07, 6.45) is 0. The van der Waals surface area contributed by atoms with Gasteiger partial charge in [-0.3, -0.25) is 9.10 Å². The molecule has 0 spiro atoms. The van der Waals surface area contributed by atoms with E-state index in [2.05, 4.69) is 11.8 Å². The smallest absolute Gasteiger partial charge is 0.264 e. The summed E-state index contributed by atoms with van der Waals surface area (Å²) >= 11 is 0. The molecule has 1 fully saturated rings. The highest BCUT2D eigenvalue weighted by atomic mass is 32.2. The molecule has 1 heterocycles. The number of nitrogens with zero attached hydrogens (tertiary/aromatic N) is 3. The lowest BCUT2D eigenvalue weighted by Gasteiger charge is -2.34. The normalized spacial score (nSPS) is 15.4. The van der Waals surface area contributed by atoms with Crippen LogP contribution in [0.1, 0.15) is 28.4 Å². The van der Waals surface area contributed by atoms with Crippen LogP contribution in [0.5, 0.6) is 0 Å². The molecular formula is C22H29N3O3S. The van der Waals surface area contributed by atoms with Crippen molar-refractivity contribution < 1.29 is 13.2 Å². The molecule has 3 rings (SSSR count). The van der Waals surface area contributed by atoms with Gasteiger partial charge in [0.1, 0.15) is 0 Å². The molecule has 1 aliphatic heterocycles. The van der Waals surface area contributed by atoms with Crippen molar-refractivity contribution in [2.45, 2.75) is 25.7 Å². The second-order valence-corrected chi connectivity index (χ2v) is 9.48. The maximum absolute atomic E-state index is 13.1. The van der Waals surface area contributed by atoms with Gasteiger partial charge in [0.15, 0.2) is 0 Å². The first kappa shape index (κ1) is 21.3. The van der Waals surface area contributed by atoms with Gasteiger partial charge in [-0.1, -0.05) is 30.7 Å². The molecule has 0 bridgehead atoms. The molecule has 1 amide bonds. The second-order valence-electron chi connectivity index (χ2n) is 7.51. The second kappa shape index (κ2) is 8.55. The molecule has 0 radical (unpaired) electrons. The number of rotatable bonds is 5. The van der Waals surface area contributed by atoms with Crippen LogP contribution in [0, 0.1) is 13.8 Å². The summed E-state index contributed by atoms with van der Waals surface area (Å²) < 4.78 is 27.4. The summed E-state index contributed by atoms with van der Waals surface area (Å²) in [4.78, 5) is 17.4. The van der Waals surface area contributed by atoms with Crippen LogP contribution in [-0.2, 0) is 10.0 Å². The third-order valence-corrected chi connectivity index (χ3v) is 7.37. The van der Waals surface area contributed by atoms with E-state index in [1.54, 1.807) is 36.4 Å². The van der Waals surface area contributed by atoms with Gasteiger partial charge >= 0.3 is 0 Å². The average molecular weight is 416 g/mol. The van der Waals surface area contributed by atoms with Crippen molar-refractivity contribution in [3.8, 4) is 0 Å². The summed E-state index contributed by atoms with van der Waals surface area (Å²) in [5, 5.41) is 0. The molecule has 7 heteroatoms. The molecule has 2 aromatic rings. The highest BCUT2D eigenvalue weighted by molar-refractivity contribution is 7.92. The van der Waals surface area contributed by atoms with E-state index in [4.69, 9.17) is 0 Å². The minimum absolute atomic E-state index is 0.0527. The Morgan fingerprint density at radius 3 is 2.21 bits per heavy atom. The van der Waals surface area contributed by atoms with E-state index >= 15 is 0 Å². The van der Waals surface area contributed by atoms with E-state index in [1.165, 1.54) is 11.4 Å². The molecule has 0 aliphatic carbocycles. The molecule has 6 nitrogen and oxygen atoms in total. The van der Waals surface area contributed by atoms with Crippen molar-refractivity contribution in [3.63, 3.8) is 0 Å². The van der Waals surface area contributed by atoms with Gasteiger partial charge in [0.2, 0.25) is 0 Å². The summed E-state index contributed by atoms with van der Waals surface area (Å²) in [5.74, 6) is -0.0527. The van der Waals surface area contributed by atoms with Crippen LogP contribution in [0.15, 0.2) is 47.4 Å². The number of likely N-dealkylation sites (N-methyl/N-ethyl adjacent to an activating group) is 1. The highest BCUT2D eigenvalue weighted by Crippen LogP contribution is 2.27. The molecular weight excluding hydrogens is 386 g/mol. The van der Waals surface area contributed by atoms with Crippen molar-refractivity contribution in [2.24, 2.45) is 0 Å². The standard InChI is InChI=1S/C22H29N3O3S/c1-5-24-12-14-25(15-13-24)22(26)19-9-8-18(3)21(16-19)23(4)29(27,28)20-10-6-17(2)7-11-20/h6-11,16H,5,12-15H2,1-4H3. The van der Waals surface area contributed by atoms with Gasteiger partial charge < -0.3 is 9.80 Å². The maximum Gasteiger partial charge on any atom is 0.264 e. The SMILES string of the molecule is CCN1CCN(C(=O)c2ccc(C)c(N(C)S(=O)(=O)c3ccc(C)cc3)c2)CC1. The van der Waals surface area contributed by atoms with Gasteiger partial charge in [-0.15, -0.1) is 0 Å². The Morgan fingerprint density at radius 1 is 1.00 bits per heavy atom. The first-order valence-corrected chi connectivity index (χ1v) is 11.4. The first-order valence-electron chi connectivity index (χ1n) is 9.92. The first-order chi connectivity index (χ1) is 13.7. The number of carbonyl (C=O) groups excluding carboxylic acids is 1. The van der Waals surface area contributed by atoms with Gasteiger partial charge in [-0.05, 0) is 50.2 Å². The van der Waals surface area contributed by atoms with Crippen LogP contribution in [0.3, 0.4) is 0 Å². The Morgan fingerprint density at radius 2 is 1.62 bits per heavy atom. The molecule has 1 aliphatic rings. The zero-order chi connectivity index (χ0) is 21.2. The number of amides is 1. The third-order valence-electron chi connectivity index (χ3n) is 5.58. The quantitative estimate of drug-likeness (QED) is 0.753. The van der Waals surface area contributed by atoms with Crippen molar-refractivity contribution in [1.82, 2.24) is 9.80 Å². The number of anilines is 1. The van der Waals surface area contributed by atoms with Gasteiger partial charge in [-0.25, -0.2) is 8.42 Å². The lowest BCUT2D eigenvalue weighted by molar-refractivity contribution is 0.0643. The lowest BCUT2D eigenvalue weighted by atomic mass is 10.1. The number of sulfonamides is 1. The van der Waals surface area contributed by atoms with Crippen LogP contribution in [0.4, 0.5) is 5.69 Å². The fourth-order valence-electron chi connectivity index (χ4n) is 3.53. The number of aryl methyl sites for hydroxylation is 2. The fraction of sp³-hybridized carbons (Fsp3) is 0.409. The third kappa shape index (κ3) is 4.46. The summed E-state index contributed by atoms with van der Waals surface area (Å²) in [5.41, 5.74) is 2.83. The minimum Gasteiger partial charge on any atom is -0.336 e. The van der Waals surface area contributed by atoms with Gasteiger partial charge in [0.05, 0.1) is 10.6 Å². The molecule has 0 atom stereocenters. The van der Waals surface area contributed by atoms with Crippen LogP contribution in [0.25, 0.3) is 0 Å². The van der Waals surface area contributed by atoms with Gasteiger partial charge in [0, 0.05) is 38.8 Å². The molecule has 2 aromatic carbocycles. The van der Waals surface area contributed by atoms with Crippen LogP contribution < -0.4 is 4.31 Å². The van der Waals surface area contributed by atoms with Gasteiger partial charge in [0.25, 0.3) is 15.9 Å². The van der Waals surface area contributed by atoms with Crippen LogP contribution >= 0.6 is 0 Å². The predicted molar refractivity (Wildman–Crippen MR) is 116 cm³/mol. The predicted octanol–water partition coefficient (Wildman–Crippen LogP) is 2.91. The number of piperazine rings is 1.